The second kappa shape index (κ2) is 5.08. The van der Waals surface area contributed by atoms with E-state index in [1.165, 1.54) is 32.1 Å². The highest BCUT2D eigenvalue weighted by Crippen LogP contribution is 2.58. The van der Waals surface area contributed by atoms with Gasteiger partial charge in [-0.05, 0) is 55.3 Å². The van der Waals surface area contributed by atoms with Gasteiger partial charge < -0.3 is 11.1 Å². The molecule has 2 bridgehead atoms. The zero-order chi connectivity index (χ0) is 13.6. The van der Waals surface area contributed by atoms with Crippen LogP contribution in [0, 0.1) is 29.6 Å². The number of rotatable bonds is 4. The summed E-state index contributed by atoms with van der Waals surface area (Å²) in [6.45, 7) is 4.16. The quantitative estimate of drug-likeness (QED) is 0.818. The van der Waals surface area contributed by atoms with Gasteiger partial charge in [0.05, 0.1) is 0 Å². The minimum absolute atomic E-state index is 0.00202. The third-order valence-corrected chi connectivity index (χ3v) is 6.05. The summed E-state index contributed by atoms with van der Waals surface area (Å²) in [4.78, 5) is 12.1. The summed E-state index contributed by atoms with van der Waals surface area (Å²) in [6, 6.07) is 0.453. The fourth-order valence-corrected chi connectivity index (χ4v) is 4.95. The van der Waals surface area contributed by atoms with Gasteiger partial charge in [0.2, 0.25) is 5.91 Å². The number of nitrogens with two attached hydrogens (primary N) is 1. The van der Waals surface area contributed by atoms with E-state index >= 15 is 0 Å². The molecule has 0 aromatic carbocycles. The van der Waals surface area contributed by atoms with Crippen molar-refractivity contribution in [1.82, 2.24) is 5.32 Å². The zero-order valence-electron chi connectivity index (χ0n) is 12.3. The lowest BCUT2D eigenvalue weighted by atomic mass is 9.79. The van der Waals surface area contributed by atoms with Crippen molar-refractivity contribution < 1.29 is 4.79 Å². The van der Waals surface area contributed by atoms with Crippen LogP contribution in [0.4, 0.5) is 0 Å². The van der Waals surface area contributed by atoms with Crippen molar-refractivity contribution in [3.05, 3.63) is 0 Å². The van der Waals surface area contributed by atoms with Crippen LogP contribution in [0.2, 0.25) is 0 Å². The molecule has 0 heterocycles. The van der Waals surface area contributed by atoms with Crippen molar-refractivity contribution in [2.45, 2.75) is 64.5 Å². The third kappa shape index (κ3) is 2.42. The Balaban J connectivity index is 1.53. The maximum atomic E-state index is 12.1. The molecule has 0 radical (unpaired) electrons. The normalized spacial score (nSPS) is 41.6. The lowest BCUT2D eigenvalue weighted by molar-refractivity contribution is -0.122. The highest BCUT2D eigenvalue weighted by atomic mass is 16.1. The highest BCUT2D eigenvalue weighted by molar-refractivity contribution is 5.77. The zero-order valence-corrected chi connectivity index (χ0v) is 12.3. The first-order valence-electron chi connectivity index (χ1n) is 8.11. The summed E-state index contributed by atoms with van der Waals surface area (Å²) in [5.41, 5.74) is 5.99. The average Bonchev–Trinajstić information content (AvgIpc) is 2.98. The molecule has 3 heteroatoms. The SMILES string of the molecule is CC(C)C(N)CC(=O)NC1CC2CC1C1CCCC21. The second-order valence-corrected chi connectivity index (χ2v) is 7.44. The first-order chi connectivity index (χ1) is 9.06. The Morgan fingerprint density at radius 1 is 1.21 bits per heavy atom. The van der Waals surface area contributed by atoms with Crippen LogP contribution in [0.1, 0.15) is 52.4 Å². The van der Waals surface area contributed by atoms with Gasteiger partial charge in [-0.15, -0.1) is 0 Å². The van der Waals surface area contributed by atoms with Crippen LogP contribution >= 0.6 is 0 Å². The molecule has 3 aliphatic rings. The molecule has 3 N–H and O–H groups in total. The lowest BCUT2D eigenvalue weighted by Crippen LogP contribution is -2.44. The van der Waals surface area contributed by atoms with E-state index in [1.807, 2.05) is 0 Å². The number of nitrogens with one attached hydrogen (secondary N) is 1. The molecule has 3 nitrogen and oxygen atoms in total. The molecule has 6 atom stereocenters. The molecule has 0 aromatic rings. The van der Waals surface area contributed by atoms with Gasteiger partial charge in [0.25, 0.3) is 0 Å². The summed E-state index contributed by atoms with van der Waals surface area (Å²) in [7, 11) is 0. The minimum Gasteiger partial charge on any atom is -0.353 e. The Bertz CT molecular complexity index is 355. The Morgan fingerprint density at radius 3 is 2.68 bits per heavy atom. The van der Waals surface area contributed by atoms with Crippen molar-refractivity contribution >= 4 is 5.91 Å². The molecule has 108 valence electrons. The molecule has 1 amide bonds. The monoisotopic (exact) mass is 264 g/mol. The van der Waals surface area contributed by atoms with Gasteiger partial charge in [-0.2, -0.15) is 0 Å². The van der Waals surface area contributed by atoms with E-state index in [-0.39, 0.29) is 11.9 Å². The Hall–Kier alpha value is -0.570. The first kappa shape index (κ1) is 13.4. The Kier molecular flexibility index (Phi) is 3.59. The van der Waals surface area contributed by atoms with Crippen LogP contribution in [0.5, 0.6) is 0 Å². The standard InChI is InChI=1S/C16H28N2O/c1-9(2)14(17)8-16(19)18-15-7-10-6-13(15)12-5-3-4-11(10)12/h9-15H,3-8,17H2,1-2H3,(H,18,19). The molecule has 3 rings (SSSR count). The van der Waals surface area contributed by atoms with Crippen LogP contribution in [0.25, 0.3) is 0 Å². The summed E-state index contributed by atoms with van der Waals surface area (Å²) in [5.74, 6) is 4.15. The van der Waals surface area contributed by atoms with Gasteiger partial charge in [-0.3, -0.25) is 4.79 Å². The minimum atomic E-state index is -0.00202. The summed E-state index contributed by atoms with van der Waals surface area (Å²) in [6.07, 6.45) is 7.36. The maximum absolute atomic E-state index is 12.1. The Morgan fingerprint density at radius 2 is 1.95 bits per heavy atom. The van der Waals surface area contributed by atoms with Gasteiger partial charge in [-0.1, -0.05) is 20.3 Å². The number of fused-ring (bicyclic) bond motifs is 5. The number of amides is 1. The van der Waals surface area contributed by atoms with Gasteiger partial charge in [0.1, 0.15) is 0 Å². The average molecular weight is 264 g/mol. The van der Waals surface area contributed by atoms with E-state index in [9.17, 15) is 4.79 Å². The fraction of sp³-hybridized carbons (Fsp3) is 0.938. The molecular weight excluding hydrogens is 236 g/mol. The van der Waals surface area contributed by atoms with Crippen LogP contribution in [-0.2, 0) is 4.79 Å². The molecule has 6 unspecified atom stereocenters. The van der Waals surface area contributed by atoms with E-state index < -0.39 is 0 Å². The molecule has 0 spiro atoms. The summed E-state index contributed by atoms with van der Waals surface area (Å²) < 4.78 is 0. The number of hydrogen-bond donors (Lipinski definition) is 2. The second-order valence-electron chi connectivity index (χ2n) is 7.44. The van der Waals surface area contributed by atoms with Crippen LogP contribution in [0.3, 0.4) is 0 Å². The number of hydrogen-bond acceptors (Lipinski definition) is 2. The third-order valence-electron chi connectivity index (χ3n) is 6.05. The molecular formula is C16H28N2O. The largest absolute Gasteiger partial charge is 0.353 e. The van der Waals surface area contributed by atoms with Crippen LogP contribution < -0.4 is 11.1 Å². The van der Waals surface area contributed by atoms with Crippen molar-refractivity contribution in [1.29, 1.82) is 0 Å². The smallest absolute Gasteiger partial charge is 0.221 e. The first-order valence-corrected chi connectivity index (χ1v) is 8.11. The van der Waals surface area contributed by atoms with Crippen molar-refractivity contribution in [3.63, 3.8) is 0 Å². The summed E-state index contributed by atoms with van der Waals surface area (Å²) >= 11 is 0. The molecule has 19 heavy (non-hydrogen) atoms. The fourth-order valence-electron chi connectivity index (χ4n) is 4.95. The highest BCUT2D eigenvalue weighted by Gasteiger charge is 2.53. The van der Waals surface area contributed by atoms with Crippen molar-refractivity contribution in [2.75, 3.05) is 0 Å². The predicted molar refractivity (Wildman–Crippen MR) is 76.4 cm³/mol. The molecule has 3 saturated carbocycles. The van der Waals surface area contributed by atoms with Gasteiger partial charge in [0, 0.05) is 18.5 Å². The van der Waals surface area contributed by atoms with E-state index in [1.54, 1.807) is 0 Å². The maximum Gasteiger partial charge on any atom is 0.221 e. The molecule has 0 aromatic heterocycles. The lowest BCUT2D eigenvalue weighted by Gasteiger charge is -2.32. The predicted octanol–water partition coefficient (Wildman–Crippen LogP) is 2.30. The van der Waals surface area contributed by atoms with E-state index in [0.717, 1.165) is 23.7 Å². The summed E-state index contributed by atoms with van der Waals surface area (Å²) in [5, 5.41) is 3.29. The van der Waals surface area contributed by atoms with E-state index in [0.29, 0.717) is 18.4 Å². The number of carbonyl (C=O) groups excluding carboxylic acids is 1. The van der Waals surface area contributed by atoms with Gasteiger partial charge in [0.15, 0.2) is 0 Å². The van der Waals surface area contributed by atoms with Crippen LogP contribution in [-0.4, -0.2) is 18.0 Å². The van der Waals surface area contributed by atoms with Crippen molar-refractivity contribution in [3.8, 4) is 0 Å². The molecule has 3 fully saturated rings. The molecule has 0 saturated heterocycles. The Labute approximate surface area is 116 Å². The van der Waals surface area contributed by atoms with Gasteiger partial charge in [-0.25, -0.2) is 0 Å². The van der Waals surface area contributed by atoms with E-state index in [4.69, 9.17) is 5.73 Å². The van der Waals surface area contributed by atoms with Crippen LogP contribution in [0.15, 0.2) is 0 Å². The van der Waals surface area contributed by atoms with E-state index in [2.05, 4.69) is 19.2 Å². The van der Waals surface area contributed by atoms with Gasteiger partial charge >= 0.3 is 0 Å². The topological polar surface area (TPSA) is 55.1 Å². The molecule has 0 aliphatic heterocycles. The van der Waals surface area contributed by atoms with Crippen molar-refractivity contribution in [2.24, 2.45) is 35.3 Å². The number of carbonyl (C=O) groups is 1. The molecule has 3 aliphatic carbocycles.